The normalized spacial score (nSPS) is 12.6. The summed E-state index contributed by atoms with van der Waals surface area (Å²) < 4.78 is 5.09. The Morgan fingerprint density at radius 2 is 1.89 bits per heavy atom. The van der Waals surface area contributed by atoms with Gasteiger partial charge in [0.25, 0.3) is 0 Å². The molecule has 1 rings (SSSR count). The van der Waals surface area contributed by atoms with Crippen molar-refractivity contribution in [1.82, 2.24) is 5.32 Å². The highest BCUT2D eigenvalue weighted by Gasteiger charge is 2.07. The van der Waals surface area contributed by atoms with Crippen LogP contribution in [0, 0.1) is 6.92 Å². The number of likely N-dealkylation sites (N-methyl/N-ethyl adjacent to an activating group) is 1. The third-order valence-electron chi connectivity index (χ3n) is 3.25. The number of hydrogen-bond donors (Lipinski definition) is 1. The molecule has 0 saturated carbocycles. The molecule has 2 heteroatoms. The molecule has 0 aliphatic rings. The molecule has 1 aromatic carbocycles. The average molecular weight is 249 g/mol. The van der Waals surface area contributed by atoms with Crippen LogP contribution in [0.2, 0.25) is 0 Å². The van der Waals surface area contributed by atoms with E-state index < -0.39 is 0 Å². The van der Waals surface area contributed by atoms with E-state index >= 15 is 0 Å². The first-order valence-corrected chi connectivity index (χ1v) is 7.04. The lowest BCUT2D eigenvalue weighted by Crippen LogP contribution is -2.31. The number of hydrogen-bond acceptors (Lipinski definition) is 2. The van der Waals surface area contributed by atoms with Crippen LogP contribution in [0.4, 0.5) is 0 Å². The van der Waals surface area contributed by atoms with Crippen molar-refractivity contribution in [1.29, 1.82) is 0 Å². The van der Waals surface area contributed by atoms with Gasteiger partial charge in [-0.15, -0.1) is 0 Å². The summed E-state index contributed by atoms with van der Waals surface area (Å²) in [5, 5.41) is 3.58. The topological polar surface area (TPSA) is 21.3 Å². The van der Waals surface area contributed by atoms with Crippen molar-refractivity contribution in [2.24, 2.45) is 0 Å². The molecule has 0 aliphatic heterocycles. The van der Waals surface area contributed by atoms with Gasteiger partial charge in [-0.05, 0) is 44.7 Å². The van der Waals surface area contributed by atoms with Crippen molar-refractivity contribution in [2.45, 2.75) is 45.6 Å². The van der Waals surface area contributed by atoms with E-state index in [2.05, 4.69) is 43.4 Å². The minimum atomic E-state index is 0.592. The fourth-order valence-corrected chi connectivity index (χ4v) is 2.21. The van der Waals surface area contributed by atoms with Crippen molar-refractivity contribution in [3.05, 3.63) is 35.4 Å². The Morgan fingerprint density at radius 1 is 1.17 bits per heavy atom. The Balaban J connectivity index is 2.38. The zero-order valence-corrected chi connectivity index (χ0v) is 12.0. The van der Waals surface area contributed by atoms with Gasteiger partial charge in [-0.25, -0.2) is 0 Å². The van der Waals surface area contributed by atoms with Gasteiger partial charge in [0.2, 0.25) is 0 Å². The van der Waals surface area contributed by atoms with Gasteiger partial charge in [0.1, 0.15) is 0 Å². The Hall–Kier alpha value is -0.860. The van der Waals surface area contributed by atoms with Crippen molar-refractivity contribution in [3.8, 4) is 0 Å². The first kappa shape index (κ1) is 15.2. The number of benzene rings is 1. The first-order chi connectivity index (χ1) is 8.76. The molecule has 0 fully saturated rings. The molecular weight excluding hydrogens is 222 g/mol. The smallest absolute Gasteiger partial charge is 0.0462 e. The Labute approximate surface area is 112 Å². The lowest BCUT2D eigenvalue weighted by Gasteiger charge is -2.18. The number of methoxy groups -OCH3 is 1. The average Bonchev–Trinajstić information content (AvgIpc) is 2.37. The quantitative estimate of drug-likeness (QED) is 0.678. The van der Waals surface area contributed by atoms with Crippen LogP contribution >= 0.6 is 0 Å². The molecule has 18 heavy (non-hydrogen) atoms. The summed E-state index contributed by atoms with van der Waals surface area (Å²) in [6, 6.07) is 9.48. The van der Waals surface area contributed by atoms with Crippen molar-refractivity contribution >= 4 is 0 Å². The van der Waals surface area contributed by atoms with Gasteiger partial charge < -0.3 is 10.1 Å². The molecule has 0 bridgehead atoms. The van der Waals surface area contributed by atoms with Crippen molar-refractivity contribution in [3.63, 3.8) is 0 Å². The number of ether oxygens (including phenoxy) is 1. The van der Waals surface area contributed by atoms with Crippen LogP contribution in [0.1, 0.15) is 37.3 Å². The van der Waals surface area contributed by atoms with Crippen molar-refractivity contribution < 1.29 is 4.74 Å². The molecule has 0 heterocycles. The van der Waals surface area contributed by atoms with Gasteiger partial charge in [0.15, 0.2) is 0 Å². The lowest BCUT2D eigenvalue weighted by molar-refractivity contribution is 0.191. The third-order valence-corrected chi connectivity index (χ3v) is 3.25. The molecule has 2 nitrogen and oxygen atoms in total. The van der Waals surface area contributed by atoms with E-state index in [1.807, 2.05) is 0 Å². The standard InChI is InChI=1S/C16H27NO/c1-4-17-16(7-5-6-12-18-3)13-15-10-8-14(2)9-11-15/h8-11,16-17H,4-7,12-13H2,1-3H3. The summed E-state index contributed by atoms with van der Waals surface area (Å²) in [5.74, 6) is 0. The highest BCUT2D eigenvalue weighted by atomic mass is 16.5. The minimum absolute atomic E-state index is 0.592. The van der Waals surface area contributed by atoms with E-state index in [1.54, 1.807) is 7.11 Å². The van der Waals surface area contributed by atoms with E-state index in [9.17, 15) is 0 Å². The molecule has 0 saturated heterocycles. The second-order valence-electron chi connectivity index (χ2n) is 4.93. The molecule has 1 atom stereocenters. The number of rotatable bonds is 9. The van der Waals surface area contributed by atoms with Crippen LogP contribution in [-0.4, -0.2) is 26.3 Å². The molecule has 0 aromatic heterocycles. The molecular formula is C16H27NO. The largest absolute Gasteiger partial charge is 0.385 e. The lowest BCUT2D eigenvalue weighted by atomic mass is 10.00. The van der Waals surface area contributed by atoms with E-state index in [4.69, 9.17) is 4.74 Å². The van der Waals surface area contributed by atoms with Crippen LogP contribution in [0.25, 0.3) is 0 Å². The predicted octanol–water partition coefficient (Wildman–Crippen LogP) is 3.33. The van der Waals surface area contributed by atoms with E-state index in [0.29, 0.717) is 6.04 Å². The molecule has 0 amide bonds. The minimum Gasteiger partial charge on any atom is -0.385 e. The van der Waals surface area contributed by atoms with Gasteiger partial charge in [0.05, 0.1) is 0 Å². The van der Waals surface area contributed by atoms with Gasteiger partial charge in [0, 0.05) is 19.8 Å². The van der Waals surface area contributed by atoms with Crippen molar-refractivity contribution in [2.75, 3.05) is 20.3 Å². The van der Waals surface area contributed by atoms with Crippen LogP contribution in [0.15, 0.2) is 24.3 Å². The van der Waals surface area contributed by atoms with E-state index in [-0.39, 0.29) is 0 Å². The van der Waals surface area contributed by atoms with E-state index in [0.717, 1.165) is 26.0 Å². The summed E-state index contributed by atoms with van der Waals surface area (Å²) in [6.45, 7) is 6.23. The first-order valence-electron chi connectivity index (χ1n) is 7.04. The number of unbranched alkanes of at least 4 members (excludes halogenated alkanes) is 1. The highest BCUT2D eigenvalue weighted by molar-refractivity contribution is 5.22. The van der Waals surface area contributed by atoms with Gasteiger partial charge in [-0.3, -0.25) is 0 Å². The molecule has 0 spiro atoms. The summed E-state index contributed by atoms with van der Waals surface area (Å²) in [7, 11) is 1.77. The van der Waals surface area contributed by atoms with Crippen LogP contribution in [-0.2, 0) is 11.2 Å². The SMILES string of the molecule is CCNC(CCCCOC)Cc1ccc(C)cc1. The maximum atomic E-state index is 5.09. The molecule has 0 aliphatic carbocycles. The van der Waals surface area contributed by atoms with Crippen LogP contribution < -0.4 is 5.32 Å². The number of nitrogens with one attached hydrogen (secondary N) is 1. The van der Waals surface area contributed by atoms with E-state index in [1.165, 1.54) is 24.0 Å². The second kappa shape index (κ2) is 9.12. The maximum absolute atomic E-state index is 5.09. The number of aryl methyl sites for hydroxylation is 1. The van der Waals surface area contributed by atoms with Gasteiger partial charge in [-0.2, -0.15) is 0 Å². The zero-order valence-electron chi connectivity index (χ0n) is 12.0. The summed E-state index contributed by atoms with van der Waals surface area (Å²) in [6.07, 6.45) is 4.75. The molecule has 102 valence electrons. The summed E-state index contributed by atoms with van der Waals surface area (Å²) >= 11 is 0. The maximum Gasteiger partial charge on any atom is 0.0462 e. The molecule has 1 N–H and O–H groups in total. The molecule has 1 unspecified atom stereocenters. The zero-order chi connectivity index (χ0) is 13.2. The second-order valence-corrected chi connectivity index (χ2v) is 4.93. The fraction of sp³-hybridized carbons (Fsp3) is 0.625. The summed E-state index contributed by atoms with van der Waals surface area (Å²) in [5.41, 5.74) is 2.76. The molecule has 1 aromatic rings. The van der Waals surface area contributed by atoms with Crippen LogP contribution in [0.3, 0.4) is 0 Å². The van der Waals surface area contributed by atoms with Gasteiger partial charge >= 0.3 is 0 Å². The monoisotopic (exact) mass is 249 g/mol. The third kappa shape index (κ3) is 6.18. The predicted molar refractivity (Wildman–Crippen MR) is 78.1 cm³/mol. The van der Waals surface area contributed by atoms with Crippen LogP contribution in [0.5, 0.6) is 0 Å². The Kier molecular flexibility index (Phi) is 7.70. The fourth-order valence-electron chi connectivity index (χ4n) is 2.21. The highest BCUT2D eigenvalue weighted by Crippen LogP contribution is 2.10. The Bertz CT molecular complexity index is 307. The van der Waals surface area contributed by atoms with Gasteiger partial charge in [-0.1, -0.05) is 36.8 Å². The summed E-state index contributed by atoms with van der Waals surface area (Å²) in [4.78, 5) is 0. The Morgan fingerprint density at radius 3 is 2.50 bits per heavy atom. The molecule has 0 radical (unpaired) electrons.